The summed E-state index contributed by atoms with van der Waals surface area (Å²) in [5.41, 5.74) is 3.10. The van der Waals surface area contributed by atoms with Crippen LogP contribution in [0.5, 0.6) is 5.75 Å². The number of nitrogens with one attached hydrogen (secondary N) is 1. The topological polar surface area (TPSA) is 105 Å². The van der Waals surface area contributed by atoms with E-state index in [4.69, 9.17) is 9.47 Å². The number of amides is 4. The number of benzene rings is 2. The number of hydrogen-bond donors (Lipinski definition) is 1. The molecule has 9 heteroatoms. The first-order chi connectivity index (χ1) is 19.1. The Morgan fingerprint density at radius 2 is 1.68 bits per heavy atom. The molecular weight excluding hydrogens is 510 g/mol. The lowest BCUT2D eigenvalue weighted by molar-refractivity contribution is -0.136. The van der Waals surface area contributed by atoms with Crippen LogP contribution >= 0.6 is 0 Å². The van der Waals surface area contributed by atoms with Gasteiger partial charge in [-0.15, -0.1) is 0 Å². The Morgan fingerprint density at radius 3 is 2.35 bits per heavy atom. The highest BCUT2D eigenvalue weighted by Crippen LogP contribution is 2.34. The van der Waals surface area contributed by atoms with Crippen LogP contribution in [0.2, 0.25) is 0 Å². The fourth-order valence-electron chi connectivity index (χ4n) is 5.60. The summed E-state index contributed by atoms with van der Waals surface area (Å²) < 4.78 is 11.6. The molecule has 2 saturated heterocycles. The van der Waals surface area contributed by atoms with Gasteiger partial charge < -0.3 is 19.3 Å². The minimum absolute atomic E-state index is 0.212. The number of hydrogen-bond acceptors (Lipinski definition) is 6. The molecule has 40 heavy (non-hydrogen) atoms. The van der Waals surface area contributed by atoms with Crippen molar-refractivity contribution in [2.45, 2.75) is 77.7 Å². The van der Waals surface area contributed by atoms with Crippen molar-refractivity contribution in [3.63, 3.8) is 0 Å². The van der Waals surface area contributed by atoms with Gasteiger partial charge >= 0.3 is 6.09 Å². The van der Waals surface area contributed by atoms with Crippen molar-refractivity contribution in [2.24, 2.45) is 5.92 Å². The van der Waals surface area contributed by atoms with Crippen LogP contribution in [-0.4, -0.2) is 58.3 Å². The van der Waals surface area contributed by atoms with E-state index in [0.717, 1.165) is 43.5 Å². The number of nitrogens with zero attached hydrogens (tertiary/aromatic N) is 2. The highest BCUT2D eigenvalue weighted by atomic mass is 16.6. The Balaban J connectivity index is 1.13. The van der Waals surface area contributed by atoms with Crippen LogP contribution < -0.4 is 10.1 Å². The largest absolute Gasteiger partial charge is 0.489 e. The van der Waals surface area contributed by atoms with Crippen LogP contribution in [0.3, 0.4) is 0 Å². The zero-order valence-corrected chi connectivity index (χ0v) is 23.4. The zero-order valence-electron chi connectivity index (χ0n) is 23.4. The molecular formula is C31H37N3O6. The van der Waals surface area contributed by atoms with Crippen molar-refractivity contribution in [3.05, 3.63) is 64.7 Å². The molecule has 1 unspecified atom stereocenters. The van der Waals surface area contributed by atoms with E-state index in [1.807, 2.05) is 26.8 Å². The second kappa shape index (κ2) is 11.3. The van der Waals surface area contributed by atoms with E-state index in [-0.39, 0.29) is 30.9 Å². The van der Waals surface area contributed by atoms with E-state index in [1.54, 1.807) is 17.0 Å². The van der Waals surface area contributed by atoms with E-state index >= 15 is 0 Å². The molecule has 3 aliphatic rings. The van der Waals surface area contributed by atoms with Gasteiger partial charge in [0.25, 0.3) is 5.91 Å². The SMILES string of the molecule is CC(C)(C)OC(=O)N1CCC(Cc2ccc(COc3cccc4c3CN(C3CCC(=O)NC3=O)C4=O)cc2)CC1. The smallest absolute Gasteiger partial charge is 0.410 e. The molecule has 0 bridgehead atoms. The Morgan fingerprint density at radius 1 is 0.975 bits per heavy atom. The maximum Gasteiger partial charge on any atom is 0.410 e. The van der Waals surface area contributed by atoms with Crippen LogP contribution in [0, 0.1) is 5.92 Å². The van der Waals surface area contributed by atoms with Gasteiger partial charge in [0.05, 0.1) is 6.54 Å². The molecule has 5 rings (SSSR count). The molecule has 9 nitrogen and oxygen atoms in total. The average Bonchev–Trinajstić information content (AvgIpc) is 3.24. The number of carbonyl (C=O) groups excluding carboxylic acids is 4. The van der Waals surface area contributed by atoms with E-state index in [0.29, 0.717) is 30.3 Å². The van der Waals surface area contributed by atoms with Gasteiger partial charge in [0.2, 0.25) is 11.8 Å². The van der Waals surface area contributed by atoms with Crippen molar-refractivity contribution in [1.82, 2.24) is 15.1 Å². The maximum atomic E-state index is 13.0. The Kier molecular flexibility index (Phi) is 7.83. The summed E-state index contributed by atoms with van der Waals surface area (Å²) in [5.74, 6) is 0.216. The zero-order chi connectivity index (χ0) is 28.4. The van der Waals surface area contributed by atoms with Gasteiger partial charge in [0.1, 0.15) is 24.0 Å². The monoisotopic (exact) mass is 547 g/mol. The Bertz CT molecular complexity index is 1290. The van der Waals surface area contributed by atoms with Gasteiger partial charge in [-0.25, -0.2) is 4.79 Å². The molecule has 0 spiro atoms. The molecule has 0 saturated carbocycles. The molecule has 2 fully saturated rings. The Labute approximate surface area is 234 Å². The third-order valence-electron chi connectivity index (χ3n) is 7.75. The standard InChI is InChI=1S/C31H37N3O6/c1-31(2,3)40-30(38)33-15-13-21(14-16-33)17-20-7-9-22(10-8-20)19-39-26-6-4-5-23-24(26)18-34(29(23)37)25-11-12-27(35)32-28(25)36/h4-10,21,25H,11-19H2,1-3H3,(H,32,35,36). The second-order valence-corrected chi connectivity index (χ2v) is 11.9. The van der Waals surface area contributed by atoms with Crippen molar-refractivity contribution < 1.29 is 28.7 Å². The van der Waals surface area contributed by atoms with Crippen LogP contribution in [0.15, 0.2) is 42.5 Å². The van der Waals surface area contributed by atoms with Gasteiger partial charge in [-0.2, -0.15) is 0 Å². The number of rotatable bonds is 6. The Hall–Kier alpha value is -3.88. The van der Waals surface area contributed by atoms with Crippen molar-refractivity contribution in [2.75, 3.05) is 13.1 Å². The van der Waals surface area contributed by atoms with Gasteiger partial charge in [-0.1, -0.05) is 30.3 Å². The molecule has 1 atom stereocenters. The highest BCUT2D eigenvalue weighted by molar-refractivity contribution is 6.05. The van der Waals surface area contributed by atoms with E-state index in [2.05, 4.69) is 29.6 Å². The molecule has 0 aliphatic carbocycles. The number of likely N-dealkylation sites (tertiary alicyclic amines) is 1. The van der Waals surface area contributed by atoms with Gasteiger partial charge in [-0.3, -0.25) is 19.7 Å². The van der Waals surface area contributed by atoms with Crippen LogP contribution in [0.25, 0.3) is 0 Å². The van der Waals surface area contributed by atoms with E-state index in [9.17, 15) is 19.2 Å². The fourth-order valence-corrected chi connectivity index (χ4v) is 5.60. The first kappa shape index (κ1) is 27.7. The molecule has 0 aromatic heterocycles. The predicted molar refractivity (Wildman–Crippen MR) is 147 cm³/mol. The molecule has 3 heterocycles. The summed E-state index contributed by atoms with van der Waals surface area (Å²) in [6.45, 7) is 7.73. The minimum atomic E-state index is -0.650. The first-order valence-corrected chi connectivity index (χ1v) is 14.0. The summed E-state index contributed by atoms with van der Waals surface area (Å²) in [6.07, 6.45) is 3.20. The summed E-state index contributed by atoms with van der Waals surface area (Å²) in [4.78, 5) is 52.6. The number of carbonyl (C=O) groups is 4. The summed E-state index contributed by atoms with van der Waals surface area (Å²) in [7, 11) is 0. The summed E-state index contributed by atoms with van der Waals surface area (Å²) in [6, 6.07) is 13.1. The van der Waals surface area contributed by atoms with Crippen LogP contribution in [0.4, 0.5) is 4.79 Å². The lowest BCUT2D eigenvalue weighted by Crippen LogP contribution is -2.52. The quantitative estimate of drug-likeness (QED) is 0.543. The molecule has 2 aromatic carbocycles. The second-order valence-electron chi connectivity index (χ2n) is 11.9. The van der Waals surface area contributed by atoms with Gasteiger partial charge in [-0.05, 0) is 75.6 Å². The maximum absolute atomic E-state index is 13.0. The van der Waals surface area contributed by atoms with Gasteiger partial charge in [0.15, 0.2) is 0 Å². The van der Waals surface area contributed by atoms with Crippen LogP contribution in [-0.2, 0) is 33.9 Å². The molecule has 212 valence electrons. The lowest BCUT2D eigenvalue weighted by Gasteiger charge is -2.33. The summed E-state index contributed by atoms with van der Waals surface area (Å²) in [5, 5.41) is 2.33. The molecule has 4 amide bonds. The van der Waals surface area contributed by atoms with Crippen LogP contribution in [0.1, 0.15) is 73.5 Å². The number of imide groups is 1. The number of ether oxygens (including phenoxy) is 2. The highest BCUT2D eigenvalue weighted by Gasteiger charge is 2.40. The molecule has 0 radical (unpaired) electrons. The third-order valence-corrected chi connectivity index (χ3v) is 7.75. The fraction of sp³-hybridized carbons (Fsp3) is 0.484. The van der Waals surface area contributed by atoms with Crippen molar-refractivity contribution in [1.29, 1.82) is 0 Å². The third kappa shape index (κ3) is 6.29. The normalized spacial score (nSPS) is 19.9. The first-order valence-electron chi connectivity index (χ1n) is 14.0. The van der Waals surface area contributed by atoms with Gasteiger partial charge in [0, 0.05) is 30.6 Å². The van der Waals surface area contributed by atoms with E-state index in [1.165, 1.54) is 10.5 Å². The van der Waals surface area contributed by atoms with Crippen molar-refractivity contribution in [3.8, 4) is 5.75 Å². The number of piperidine rings is 2. The van der Waals surface area contributed by atoms with Crippen molar-refractivity contribution >= 4 is 23.8 Å². The molecule has 2 aromatic rings. The lowest BCUT2D eigenvalue weighted by atomic mass is 9.90. The molecule has 3 aliphatic heterocycles. The minimum Gasteiger partial charge on any atom is -0.489 e. The number of fused-ring (bicyclic) bond motifs is 1. The average molecular weight is 548 g/mol. The summed E-state index contributed by atoms with van der Waals surface area (Å²) >= 11 is 0. The van der Waals surface area contributed by atoms with E-state index < -0.39 is 17.6 Å². The predicted octanol–water partition coefficient (Wildman–Crippen LogP) is 4.22. The molecule has 1 N–H and O–H groups in total.